The molecule has 0 aliphatic heterocycles. The molecule has 0 N–H and O–H groups in total. The third-order valence-electron chi connectivity index (χ3n) is 7.65. The minimum atomic E-state index is 0.730. The van der Waals surface area contributed by atoms with E-state index in [0.717, 1.165) is 21.7 Å². The van der Waals surface area contributed by atoms with Crippen molar-refractivity contribution in [3.63, 3.8) is 0 Å². The molecule has 1 heteroatoms. The summed E-state index contributed by atoms with van der Waals surface area (Å²) in [7, 11) is 0. The molecule has 142 valence electrons. The van der Waals surface area contributed by atoms with Gasteiger partial charge in [-0.25, -0.2) is 0 Å². The van der Waals surface area contributed by atoms with Gasteiger partial charge in [0.1, 0.15) is 0 Å². The predicted molar refractivity (Wildman–Crippen MR) is 122 cm³/mol. The van der Waals surface area contributed by atoms with Gasteiger partial charge in [0.15, 0.2) is 0 Å². The van der Waals surface area contributed by atoms with Gasteiger partial charge in [0.2, 0.25) is 0 Å². The van der Waals surface area contributed by atoms with Crippen LogP contribution in [0.15, 0.2) is 46.6 Å². The number of hydrogen-bond acceptors (Lipinski definition) is 0. The van der Waals surface area contributed by atoms with E-state index < -0.39 is 0 Å². The lowest BCUT2D eigenvalue weighted by Crippen LogP contribution is -2.28. The molecular weight excluding hydrogens is 427 g/mol. The van der Waals surface area contributed by atoms with Crippen LogP contribution in [0.5, 0.6) is 0 Å². The van der Waals surface area contributed by atoms with E-state index in [2.05, 4.69) is 48.2 Å². The Balaban J connectivity index is 1.43. The van der Waals surface area contributed by atoms with Crippen LogP contribution in [0.4, 0.5) is 0 Å². The molecule has 1 saturated carbocycles. The molecule has 0 aromatic rings. The van der Waals surface area contributed by atoms with Crippen molar-refractivity contribution in [1.29, 1.82) is 0 Å². The maximum absolute atomic E-state index is 4.58. The fourth-order valence-corrected chi connectivity index (χ4v) is 7.18. The Morgan fingerprint density at radius 3 is 2.85 bits per heavy atom. The van der Waals surface area contributed by atoms with E-state index >= 15 is 0 Å². The van der Waals surface area contributed by atoms with E-state index in [1.165, 1.54) is 82.6 Å². The molecule has 0 aromatic carbocycles. The first-order valence-corrected chi connectivity index (χ1v) is 12.3. The molecule has 0 radical (unpaired) electrons. The number of fused-ring (bicyclic) bond motifs is 1. The van der Waals surface area contributed by atoms with Crippen LogP contribution < -0.4 is 0 Å². The van der Waals surface area contributed by atoms with E-state index in [1.54, 1.807) is 22.3 Å². The van der Waals surface area contributed by atoms with Crippen LogP contribution in [0.2, 0.25) is 0 Å². The third kappa shape index (κ3) is 3.93. The average Bonchev–Trinajstić information content (AvgIpc) is 2.67. The SMILES string of the molecule is C=C(CC1CCC2=C(CCCC2)/C1=C/C)C1=CCC2CC(I)CCC2C1. The summed E-state index contributed by atoms with van der Waals surface area (Å²) in [5.74, 6) is 2.63. The zero-order valence-corrected chi connectivity index (χ0v) is 18.7. The molecule has 4 aliphatic rings. The van der Waals surface area contributed by atoms with Crippen molar-refractivity contribution in [2.45, 2.75) is 87.9 Å². The first-order chi connectivity index (χ1) is 12.7. The van der Waals surface area contributed by atoms with E-state index in [0.29, 0.717) is 0 Å². The Hall–Kier alpha value is -0.310. The Bertz CT molecular complexity index is 647. The van der Waals surface area contributed by atoms with E-state index in [-0.39, 0.29) is 0 Å². The van der Waals surface area contributed by atoms with Crippen molar-refractivity contribution in [3.8, 4) is 0 Å². The molecule has 0 heterocycles. The Kier molecular flexibility index (Phi) is 6.12. The van der Waals surface area contributed by atoms with Crippen molar-refractivity contribution >= 4 is 22.6 Å². The first kappa shape index (κ1) is 19.0. The number of allylic oxidation sites excluding steroid dienone is 7. The van der Waals surface area contributed by atoms with Crippen LogP contribution in [0.1, 0.15) is 84.0 Å². The summed E-state index contributed by atoms with van der Waals surface area (Å²) in [6, 6.07) is 0. The average molecular weight is 462 g/mol. The number of hydrogen-bond donors (Lipinski definition) is 0. The highest BCUT2D eigenvalue weighted by Gasteiger charge is 2.33. The van der Waals surface area contributed by atoms with Gasteiger partial charge in [-0.05, 0) is 118 Å². The van der Waals surface area contributed by atoms with Crippen LogP contribution in [-0.4, -0.2) is 3.92 Å². The van der Waals surface area contributed by atoms with Gasteiger partial charge < -0.3 is 0 Å². The Morgan fingerprint density at radius 2 is 2.00 bits per heavy atom. The fourth-order valence-electron chi connectivity index (χ4n) is 6.17. The van der Waals surface area contributed by atoms with Crippen LogP contribution in [-0.2, 0) is 0 Å². The second kappa shape index (κ2) is 8.37. The summed E-state index contributed by atoms with van der Waals surface area (Å²) in [5.41, 5.74) is 8.32. The zero-order valence-electron chi connectivity index (χ0n) is 16.5. The molecule has 4 atom stereocenters. The van der Waals surface area contributed by atoms with Gasteiger partial charge in [-0.1, -0.05) is 52.5 Å². The number of halogens is 1. The van der Waals surface area contributed by atoms with Gasteiger partial charge in [0, 0.05) is 3.92 Å². The maximum Gasteiger partial charge on any atom is 0.0113 e. The molecule has 4 aliphatic carbocycles. The van der Waals surface area contributed by atoms with Crippen molar-refractivity contribution in [2.75, 3.05) is 0 Å². The van der Waals surface area contributed by atoms with Gasteiger partial charge in [0.25, 0.3) is 0 Å². The summed E-state index contributed by atoms with van der Waals surface area (Å²) in [6.45, 7) is 6.85. The number of rotatable bonds is 3. The van der Waals surface area contributed by atoms with Gasteiger partial charge in [-0.15, -0.1) is 0 Å². The molecule has 0 nitrogen and oxygen atoms in total. The molecule has 0 spiro atoms. The monoisotopic (exact) mass is 462 g/mol. The third-order valence-corrected chi connectivity index (χ3v) is 8.78. The topological polar surface area (TPSA) is 0 Å². The highest BCUT2D eigenvalue weighted by atomic mass is 127. The van der Waals surface area contributed by atoms with Gasteiger partial charge in [-0.3, -0.25) is 0 Å². The predicted octanol–water partition coefficient (Wildman–Crippen LogP) is 8.10. The molecule has 26 heavy (non-hydrogen) atoms. The quantitative estimate of drug-likeness (QED) is 0.294. The van der Waals surface area contributed by atoms with Crippen molar-refractivity contribution in [1.82, 2.24) is 0 Å². The van der Waals surface area contributed by atoms with Crippen LogP contribution in [0.3, 0.4) is 0 Å². The molecule has 0 bridgehead atoms. The zero-order chi connectivity index (χ0) is 18.1. The van der Waals surface area contributed by atoms with Crippen molar-refractivity contribution in [3.05, 3.63) is 46.6 Å². The summed E-state index contributed by atoms with van der Waals surface area (Å²) >= 11 is 2.67. The minimum absolute atomic E-state index is 0.730. The summed E-state index contributed by atoms with van der Waals surface area (Å²) in [5, 5.41) is 0. The molecule has 4 rings (SSSR count). The molecule has 0 saturated heterocycles. The van der Waals surface area contributed by atoms with Crippen LogP contribution in [0, 0.1) is 17.8 Å². The van der Waals surface area contributed by atoms with Gasteiger partial charge in [-0.2, -0.15) is 0 Å². The summed E-state index contributed by atoms with van der Waals surface area (Å²) in [6.07, 6.45) is 21.4. The standard InChI is InChI=1S/C25H35I/c1-3-24-22(11-8-18-6-4-5-7-25(18)24)14-17(2)19-9-10-21-16-23(26)13-12-20(21)15-19/h3,9,20-23H,2,4-8,10-16H2,1H3/b24-3+. The van der Waals surface area contributed by atoms with E-state index in [9.17, 15) is 0 Å². The molecular formula is C25H35I. The lowest BCUT2D eigenvalue weighted by Gasteiger charge is -2.38. The first-order valence-electron chi connectivity index (χ1n) is 11.0. The fraction of sp³-hybridized carbons (Fsp3) is 0.680. The lowest BCUT2D eigenvalue weighted by atomic mass is 9.68. The highest BCUT2D eigenvalue weighted by Crippen LogP contribution is 2.47. The second-order valence-electron chi connectivity index (χ2n) is 9.18. The highest BCUT2D eigenvalue weighted by molar-refractivity contribution is 14.1. The maximum atomic E-state index is 4.58. The van der Waals surface area contributed by atoms with Crippen LogP contribution >= 0.6 is 22.6 Å². The van der Waals surface area contributed by atoms with Crippen molar-refractivity contribution < 1.29 is 0 Å². The Morgan fingerprint density at radius 1 is 1.15 bits per heavy atom. The van der Waals surface area contributed by atoms with Gasteiger partial charge >= 0.3 is 0 Å². The van der Waals surface area contributed by atoms with Crippen molar-refractivity contribution in [2.24, 2.45) is 17.8 Å². The summed E-state index contributed by atoms with van der Waals surface area (Å²) < 4.78 is 0.921. The lowest BCUT2D eigenvalue weighted by molar-refractivity contribution is 0.236. The van der Waals surface area contributed by atoms with Gasteiger partial charge in [0.05, 0.1) is 0 Å². The molecule has 0 amide bonds. The smallest absolute Gasteiger partial charge is 0.0113 e. The summed E-state index contributed by atoms with van der Waals surface area (Å²) in [4.78, 5) is 0. The van der Waals surface area contributed by atoms with E-state index in [4.69, 9.17) is 0 Å². The van der Waals surface area contributed by atoms with E-state index in [1.807, 2.05) is 0 Å². The largest absolute Gasteiger partial charge is 0.0955 e. The van der Waals surface area contributed by atoms with Crippen LogP contribution in [0.25, 0.3) is 0 Å². The minimum Gasteiger partial charge on any atom is -0.0955 e. The second-order valence-corrected chi connectivity index (χ2v) is 10.9. The molecule has 0 aromatic heterocycles. The number of alkyl halides is 1. The molecule has 1 fully saturated rings. The molecule has 4 unspecified atom stereocenters. The Labute approximate surface area is 174 Å². The normalized spacial score (nSPS) is 36.4.